The molecule has 2 bridgehead atoms. The van der Waals surface area contributed by atoms with Gasteiger partial charge >= 0.3 is 0 Å². The molecule has 0 unspecified atom stereocenters. The van der Waals surface area contributed by atoms with Crippen molar-refractivity contribution in [2.24, 2.45) is 17.8 Å². The summed E-state index contributed by atoms with van der Waals surface area (Å²) in [5.41, 5.74) is 0.780. The number of rotatable bonds is 3. The zero-order chi connectivity index (χ0) is 12.7. The fraction of sp³-hybridized carbons (Fsp3) is 0.643. The summed E-state index contributed by atoms with van der Waals surface area (Å²) in [6.45, 7) is 2.17. The third kappa shape index (κ3) is 2.37. The molecule has 1 aromatic rings. The maximum atomic E-state index is 12.1. The number of fused-ring (bicyclic) bond motifs is 2. The van der Waals surface area contributed by atoms with Gasteiger partial charge in [0.15, 0.2) is 0 Å². The zero-order valence-electron chi connectivity index (χ0n) is 10.5. The van der Waals surface area contributed by atoms with E-state index in [1.54, 1.807) is 11.3 Å². The van der Waals surface area contributed by atoms with Gasteiger partial charge < -0.3 is 5.32 Å². The van der Waals surface area contributed by atoms with Gasteiger partial charge in [0.1, 0.15) is 0 Å². The van der Waals surface area contributed by atoms with Gasteiger partial charge in [0, 0.05) is 11.4 Å². The monoisotopic (exact) mass is 327 g/mol. The Bertz CT molecular complexity index is 458. The molecule has 0 spiro atoms. The molecule has 1 heterocycles. The van der Waals surface area contributed by atoms with Gasteiger partial charge in [0.2, 0.25) is 0 Å². The fourth-order valence-corrected chi connectivity index (χ4v) is 4.87. The average molecular weight is 328 g/mol. The van der Waals surface area contributed by atoms with E-state index in [0.717, 1.165) is 21.2 Å². The third-order valence-electron chi connectivity index (χ3n) is 4.62. The summed E-state index contributed by atoms with van der Waals surface area (Å²) in [6, 6.07) is 2.21. The lowest BCUT2D eigenvalue weighted by Crippen LogP contribution is -2.39. The van der Waals surface area contributed by atoms with Crippen LogP contribution in [-0.2, 0) is 0 Å². The Kier molecular flexibility index (Phi) is 3.50. The van der Waals surface area contributed by atoms with Crippen LogP contribution in [-0.4, -0.2) is 11.9 Å². The number of nitrogens with one attached hydrogen (secondary N) is 1. The molecule has 1 aromatic heterocycles. The molecule has 0 radical (unpaired) electrons. The second kappa shape index (κ2) is 4.97. The van der Waals surface area contributed by atoms with E-state index < -0.39 is 0 Å². The second-order valence-corrected chi connectivity index (χ2v) is 8.03. The Labute approximate surface area is 120 Å². The summed E-state index contributed by atoms with van der Waals surface area (Å²) >= 11 is 4.96. The Morgan fingerprint density at radius 3 is 2.89 bits per heavy atom. The highest BCUT2D eigenvalue weighted by atomic mass is 79.9. The summed E-state index contributed by atoms with van der Waals surface area (Å²) in [4.78, 5) is 12.1. The van der Waals surface area contributed by atoms with Crippen molar-refractivity contribution in [3.63, 3.8) is 0 Å². The van der Waals surface area contributed by atoms with Gasteiger partial charge in [0.05, 0.1) is 9.35 Å². The van der Waals surface area contributed by atoms with Crippen LogP contribution in [0.2, 0.25) is 0 Å². The van der Waals surface area contributed by atoms with Crippen molar-refractivity contribution < 1.29 is 4.79 Å². The minimum Gasteiger partial charge on any atom is -0.349 e. The minimum atomic E-state index is 0.0761. The first-order valence-corrected chi connectivity index (χ1v) is 8.35. The van der Waals surface area contributed by atoms with Crippen molar-refractivity contribution in [1.82, 2.24) is 5.32 Å². The first-order valence-electron chi connectivity index (χ1n) is 6.68. The van der Waals surface area contributed by atoms with Crippen LogP contribution in [0.25, 0.3) is 0 Å². The van der Waals surface area contributed by atoms with E-state index in [-0.39, 0.29) is 5.91 Å². The maximum absolute atomic E-state index is 12.1. The molecule has 1 N–H and O–H groups in total. The van der Waals surface area contributed by atoms with Crippen LogP contribution in [0.5, 0.6) is 0 Å². The van der Waals surface area contributed by atoms with Crippen molar-refractivity contribution in [2.75, 3.05) is 0 Å². The van der Waals surface area contributed by atoms with Gasteiger partial charge in [0.25, 0.3) is 5.91 Å². The maximum Gasteiger partial charge on any atom is 0.252 e. The van der Waals surface area contributed by atoms with E-state index in [9.17, 15) is 4.79 Å². The van der Waals surface area contributed by atoms with E-state index >= 15 is 0 Å². The minimum absolute atomic E-state index is 0.0761. The van der Waals surface area contributed by atoms with E-state index in [1.807, 2.05) is 11.4 Å². The van der Waals surface area contributed by atoms with Crippen molar-refractivity contribution >= 4 is 33.2 Å². The van der Waals surface area contributed by atoms with Crippen molar-refractivity contribution in [2.45, 2.75) is 38.6 Å². The van der Waals surface area contributed by atoms with Crippen LogP contribution in [0, 0.1) is 17.8 Å². The molecule has 1 amide bonds. The molecule has 0 saturated heterocycles. The molecule has 4 atom stereocenters. The van der Waals surface area contributed by atoms with Crippen LogP contribution in [0.4, 0.5) is 0 Å². The highest BCUT2D eigenvalue weighted by molar-refractivity contribution is 9.11. The average Bonchev–Trinajstić information content (AvgIpc) is 3.03. The molecule has 18 heavy (non-hydrogen) atoms. The Morgan fingerprint density at radius 2 is 2.33 bits per heavy atom. The molecule has 4 heteroatoms. The van der Waals surface area contributed by atoms with Crippen molar-refractivity contribution in [1.29, 1.82) is 0 Å². The Balaban J connectivity index is 1.61. The first-order chi connectivity index (χ1) is 8.63. The molecular formula is C14H18BrNOS. The SMILES string of the molecule is C[C@@H](NC(=O)c1csc(Br)c1)[C@@H]1C[C@H]2CC[C@H]1C2. The van der Waals surface area contributed by atoms with E-state index in [0.29, 0.717) is 12.0 Å². The Hall–Kier alpha value is -0.350. The number of carbonyl (C=O) groups is 1. The van der Waals surface area contributed by atoms with Gasteiger partial charge in [-0.25, -0.2) is 0 Å². The summed E-state index contributed by atoms with van der Waals surface area (Å²) in [5, 5.41) is 5.09. The third-order valence-corrected chi connectivity index (χ3v) is 6.13. The van der Waals surface area contributed by atoms with Gasteiger partial charge in [-0.2, -0.15) is 0 Å². The second-order valence-electron chi connectivity index (χ2n) is 5.74. The number of hydrogen-bond acceptors (Lipinski definition) is 2. The summed E-state index contributed by atoms with van der Waals surface area (Å²) in [7, 11) is 0. The van der Waals surface area contributed by atoms with Gasteiger partial charge in [-0.1, -0.05) is 6.42 Å². The predicted octanol–water partition coefficient (Wildman–Crippen LogP) is 4.07. The molecule has 2 aliphatic carbocycles. The molecular weight excluding hydrogens is 310 g/mol. The number of thiophene rings is 1. The van der Waals surface area contributed by atoms with Crippen molar-refractivity contribution in [3.05, 3.63) is 20.8 Å². The molecule has 0 aliphatic heterocycles. The van der Waals surface area contributed by atoms with E-state index in [1.165, 1.54) is 25.7 Å². The lowest BCUT2D eigenvalue weighted by Gasteiger charge is -2.28. The van der Waals surface area contributed by atoms with Crippen LogP contribution >= 0.6 is 27.3 Å². The van der Waals surface area contributed by atoms with E-state index in [4.69, 9.17) is 0 Å². The summed E-state index contributed by atoms with van der Waals surface area (Å²) in [6.07, 6.45) is 5.51. The standard InChI is InChI=1S/C14H18BrNOS/c1-8(12-5-9-2-3-10(12)4-9)16-14(17)11-6-13(15)18-7-11/h6-10,12H,2-5H2,1H3,(H,16,17)/t8-,9+,10+,12+/m1/s1. The van der Waals surface area contributed by atoms with Crippen LogP contribution < -0.4 is 5.32 Å². The molecule has 0 aromatic carbocycles. The lowest BCUT2D eigenvalue weighted by atomic mass is 9.84. The highest BCUT2D eigenvalue weighted by Gasteiger charge is 2.42. The summed E-state index contributed by atoms with van der Waals surface area (Å²) in [5.74, 6) is 2.58. The Morgan fingerprint density at radius 1 is 1.50 bits per heavy atom. The van der Waals surface area contributed by atoms with Gasteiger partial charge in [-0.15, -0.1) is 11.3 Å². The largest absolute Gasteiger partial charge is 0.349 e. The van der Waals surface area contributed by atoms with Gasteiger partial charge in [-0.05, 0) is 65.9 Å². The molecule has 2 fully saturated rings. The zero-order valence-corrected chi connectivity index (χ0v) is 12.9. The van der Waals surface area contributed by atoms with Crippen LogP contribution in [0.3, 0.4) is 0 Å². The number of carbonyl (C=O) groups excluding carboxylic acids is 1. The van der Waals surface area contributed by atoms with E-state index in [2.05, 4.69) is 28.2 Å². The molecule has 98 valence electrons. The lowest BCUT2D eigenvalue weighted by molar-refractivity contribution is 0.0915. The molecule has 2 aliphatic rings. The van der Waals surface area contributed by atoms with Gasteiger partial charge in [-0.3, -0.25) is 4.79 Å². The normalized spacial score (nSPS) is 31.6. The summed E-state index contributed by atoms with van der Waals surface area (Å²) < 4.78 is 1.01. The van der Waals surface area contributed by atoms with Crippen LogP contribution in [0.15, 0.2) is 15.2 Å². The van der Waals surface area contributed by atoms with Crippen molar-refractivity contribution in [3.8, 4) is 0 Å². The molecule has 3 rings (SSSR count). The number of amides is 1. The fourth-order valence-electron chi connectivity index (χ4n) is 3.73. The predicted molar refractivity (Wildman–Crippen MR) is 77.9 cm³/mol. The smallest absolute Gasteiger partial charge is 0.252 e. The quantitative estimate of drug-likeness (QED) is 0.890. The molecule has 2 saturated carbocycles. The number of hydrogen-bond donors (Lipinski definition) is 1. The van der Waals surface area contributed by atoms with Crippen LogP contribution in [0.1, 0.15) is 43.0 Å². The molecule has 2 nitrogen and oxygen atoms in total. The topological polar surface area (TPSA) is 29.1 Å². The number of halogens is 1. The highest BCUT2D eigenvalue weighted by Crippen LogP contribution is 2.49. The first kappa shape index (κ1) is 12.7.